The van der Waals surface area contributed by atoms with Crippen LogP contribution in [0, 0.1) is 21.4 Å². The molecule has 120 valence electrons. The Morgan fingerprint density at radius 2 is 2.00 bits per heavy atom. The lowest BCUT2D eigenvalue weighted by molar-refractivity contribution is -0.384. The van der Waals surface area contributed by atoms with Gasteiger partial charge in [0, 0.05) is 11.6 Å². The van der Waals surface area contributed by atoms with Crippen LogP contribution in [0.2, 0.25) is 5.02 Å². The molecule has 0 atom stereocenters. The van der Waals surface area contributed by atoms with Gasteiger partial charge in [-0.15, -0.1) is 0 Å². The second-order valence-electron chi connectivity index (χ2n) is 4.64. The first-order chi connectivity index (χ1) is 11.5. The Morgan fingerprint density at radius 3 is 2.62 bits per heavy atom. The summed E-state index contributed by atoms with van der Waals surface area (Å²) < 4.78 is 5.10. The van der Waals surface area contributed by atoms with Crippen LogP contribution in [0.3, 0.4) is 0 Å². The van der Waals surface area contributed by atoms with Gasteiger partial charge in [-0.05, 0) is 42.0 Å². The average molecular weight is 343 g/mol. The van der Waals surface area contributed by atoms with Crippen LogP contribution < -0.4 is 4.74 Å². The summed E-state index contributed by atoms with van der Waals surface area (Å²) >= 11 is 5.74. The van der Waals surface area contributed by atoms with Gasteiger partial charge in [0.2, 0.25) is 0 Å². The Bertz CT molecular complexity index is 839. The van der Waals surface area contributed by atoms with Crippen LogP contribution in [0.5, 0.6) is 5.75 Å². The van der Waals surface area contributed by atoms with E-state index in [1.165, 1.54) is 24.3 Å². The molecule has 0 saturated heterocycles. The third kappa shape index (κ3) is 4.41. The van der Waals surface area contributed by atoms with E-state index in [0.717, 1.165) is 0 Å². The van der Waals surface area contributed by atoms with Crippen molar-refractivity contribution in [1.82, 2.24) is 0 Å². The van der Waals surface area contributed by atoms with Crippen molar-refractivity contribution in [2.75, 3.05) is 6.61 Å². The molecule has 24 heavy (non-hydrogen) atoms. The van der Waals surface area contributed by atoms with Crippen LogP contribution in [-0.2, 0) is 0 Å². The van der Waals surface area contributed by atoms with Crippen molar-refractivity contribution in [2.24, 2.45) is 0 Å². The predicted octanol–water partition coefficient (Wildman–Crippen LogP) is 4.05. The minimum Gasteiger partial charge on any atom is -0.479 e. The van der Waals surface area contributed by atoms with Crippen LogP contribution in [0.1, 0.15) is 15.9 Å². The van der Waals surface area contributed by atoms with Crippen molar-refractivity contribution in [2.45, 2.75) is 0 Å². The van der Waals surface area contributed by atoms with Crippen molar-refractivity contribution in [3.63, 3.8) is 0 Å². The maximum atomic E-state index is 12.1. The van der Waals surface area contributed by atoms with Crippen molar-refractivity contribution >= 4 is 29.1 Å². The minimum atomic E-state index is -0.582. The highest BCUT2D eigenvalue weighted by Crippen LogP contribution is 2.25. The average Bonchev–Trinajstić information content (AvgIpc) is 2.59. The summed E-state index contributed by atoms with van der Waals surface area (Å²) in [5.74, 6) is 0.227. The Morgan fingerprint density at radius 1 is 1.29 bits per heavy atom. The highest BCUT2D eigenvalue weighted by atomic mass is 35.5. The van der Waals surface area contributed by atoms with Crippen LogP contribution >= 0.6 is 11.6 Å². The molecule has 2 aromatic carbocycles. The molecule has 0 unspecified atom stereocenters. The van der Waals surface area contributed by atoms with Gasteiger partial charge in [-0.25, -0.2) is 0 Å². The molecule has 0 aliphatic heterocycles. The van der Waals surface area contributed by atoms with Gasteiger partial charge in [-0.2, -0.15) is 5.26 Å². The summed E-state index contributed by atoms with van der Waals surface area (Å²) in [6.07, 6.45) is 2.80. The smallest absolute Gasteiger partial charge is 0.288 e. The van der Waals surface area contributed by atoms with E-state index >= 15 is 0 Å². The zero-order valence-corrected chi connectivity index (χ0v) is 13.1. The number of halogens is 1. The maximum absolute atomic E-state index is 12.1. The molecule has 2 rings (SSSR count). The van der Waals surface area contributed by atoms with E-state index in [-0.39, 0.29) is 23.1 Å². The van der Waals surface area contributed by atoms with Gasteiger partial charge in [-0.1, -0.05) is 23.7 Å². The van der Waals surface area contributed by atoms with Crippen LogP contribution in [0.4, 0.5) is 5.69 Å². The van der Waals surface area contributed by atoms with Crippen molar-refractivity contribution in [3.8, 4) is 11.8 Å². The lowest BCUT2D eigenvalue weighted by Crippen LogP contribution is -1.96. The second-order valence-corrected chi connectivity index (χ2v) is 5.04. The summed E-state index contributed by atoms with van der Waals surface area (Å²) in [5.41, 5.74) is 0.706. The Hall–Kier alpha value is -3.17. The van der Waals surface area contributed by atoms with Crippen LogP contribution in [0.15, 0.2) is 48.5 Å². The Balaban J connectivity index is 2.11. The molecule has 0 saturated carbocycles. The summed E-state index contributed by atoms with van der Waals surface area (Å²) in [6, 6.07) is 12.5. The third-order valence-electron chi connectivity index (χ3n) is 3.04. The summed E-state index contributed by atoms with van der Waals surface area (Å²) in [7, 11) is 0. The second kappa shape index (κ2) is 7.90. The molecule has 2 aromatic rings. The van der Waals surface area contributed by atoms with Crippen molar-refractivity contribution in [3.05, 3.63) is 74.8 Å². The first-order valence-corrected chi connectivity index (χ1v) is 7.15. The lowest BCUT2D eigenvalue weighted by Gasteiger charge is -2.02. The predicted molar refractivity (Wildman–Crippen MR) is 89.0 cm³/mol. The summed E-state index contributed by atoms with van der Waals surface area (Å²) in [5, 5.41) is 19.3. The molecular weight excluding hydrogens is 332 g/mol. The number of nitrogens with zero attached hydrogens (tertiary/aromatic N) is 2. The number of ether oxygens (including phenoxy) is 1. The van der Waals surface area contributed by atoms with Gasteiger partial charge in [0.25, 0.3) is 5.69 Å². The molecule has 0 N–H and O–H groups in total. The zero-order valence-electron chi connectivity index (χ0n) is 12.3. The molecule has 6 nitrogen and oxygen atoms in total. The maximum Gasteiger partial charge on any atom is 0.288 e. The molecule has 0 heterocycles. The number of nitro groups is 1. The largest absolute Gasteiger partial charge is 0.479 e. The molecule has 0 radical (unpaired) electrons. The molecule has 0 aliphatic rings. The van der Waals surface area contributed by atoms with E-state index < -0.39 is 4.92 Å². The highest BCUT2D eigenvalue weighted by molar-refractivity contribution is 6.32. The lowest BCUT2D eigenvalue weighted by atomic mass is 10.1. The number of nitro benzene ring substituents is 1. The molecule has 0 amide bonds. The first kappa shape index (κ1) is 17.2. The highest BCUT2D eigenvalue weighted by Gasteiger charge is 2.11. The van der Waals surface area contributed by atoms with E-state index in [0.29, 0.717) is 16.9 Å². The summed E-state index contributed by atoms with van der Waals surface area (Å²) in [6.45, 7) is -0.0669. The molecule has 7 heteroatoms. The number of nitriles is 1. The van der Waals surface area contributed by atoms with Gasteiger partial charge in [-0.3, -0.25) is 14.9 Å². The molecule has 0 spiro atoms. The monoisotopic (exact) mass is 342 g/mol. The molecule has 0 aliphatic carbocycles. The number of allylic oxidation sites excluding steroid dienone is 1. The quantitative estimate of drug-likeness (QED) is 0.341. The van der Waals surface area contributed by atoms with Gasteiger partial charge in [0.1, 0.15) is 16.8 Å². The molecule has 0 bridgehead atoms. The van der Waals surface area contributed by atoms with Gasteiger partial charge < -0.3 is 4.74 Å². The number of benzene rings is 2. The zero-order chi connectivity index (χ0) is 17.5. The Labute approximate surface area is 142 Å². The van der Waals surface area contributed by atoms with E-state index in [9.17, 15) is 14.9 Å². The minimum absolute atomic E-state index is 0.0384. The number of carbonyl (C=O) groups is 1. The van der Waals surface area contributed by atoms with Crippen molar-refractivity contribution in [1.29, 1.82) is 5.26 Å². The first-order valence-electron chi connectivity index (χ1n) is 6.77. The molecule has 0 fully saturated rings. The number of rotatable bonds is 6. The van der Waals surface area contributed by atoms with Crippen LogP contribution in [-0.4, -0.2) is 17.3 Å². The van der Waals surface area contributed by atoms with E-state index in [1.54, 1.807) is 30.3 Å². The number of hydrogen-bond acceptors (Lipinski definition) is 5. The summed E-state index contributed by atoms with van der Waals surface area (Å²) in [4.78, 5) is 22.3. The van der Waals surface area contributed by atoms with Gasteiger partial charge >= 0.3 is 0 Å². The number of ketones is 1. The fourth-order valence-corrected chi connectivity index (χ4v) is 2.06. The van der Waals surface area contributed by atoms with E-state index in [4.69, 9.17) is 21.6 Å². The number of carbonyl (C=O) groups excluding carboxylic acids is 1. The third-order valence-corrected chi connectivity index (χ3v) is 3.36. The SMILES string of the molecule is N#CCOc1ccc(C(=O)/C=C/c2ccc(Cl)c([N+](=O)[O-])c2)cc1. The molecular formula is C17H11ClN2O4. The standard InChI is InChI=1S/C17H11ClN2O4/c18-15-7-1-12(11-16(15)20(22)23)2-8-17(21)13-3-5-14(6-4-13)24-10-9-19/h1-8,11H,10H2/b8-2+. The van der Waals surface area contributed by atoms with E-state index in [1.807, 2.05) is 6.07 Å². The van der Waals surface area contributed by atoms with Crippen LogP contribution in [0.25, 0.3) is 6.08 Å². The normalized spacial score (nSPS) is 10.3. The fourth-order valence-electron chi connectivity index (χ4n) is 1.87. The van der Waals surface area contributed by atoms with Crippen molar-refractivity contribution < 1.29 is 14.5 Å². The topological polar surface area (TPSA) is 93.2 Å². The number of hydrogen-bond donors (Lipinski definition) is 0. The van der Waals surface area contributed by atoms with Gasteiger partial charge in [0.05, 0.1) is 4.92 Å². The Kier molecular flexibility index (Phi) is 5.66. The molecule has 0 aromatic heterocycles. The fraction of sp³-hybridized carbons (Fsp3) is 0.0588. The van der Waals surface area contributed by atoms with Gasteiger partial charge in [0.15, 0.2) is 12.4 Å². The van der Waals surface area contributed by atoms with E-state index in [2.05, 4.69) is 0 Å².